The fourth-order valence-electron chi connectivity index (χ4n) is 7.13. The highest BCUT2D eigenvalue weighted by molar-refractivity contribution is 6.21. The van der Waals surface area contributed by atoms with Crippen LogP contribution in [0.15, 0.2) is 115 Å². The number of hydrogen-bond acceptors (Lipinski definition) is 10. The van der Waals surface area contributed by atoms with Crippen molar-refractivity contribution >= 4 is 23.6 Å². The van der Waals surface area contributed by atoms with E-state index in [4.69, 9.17) is 23.7 Å². The van der Waals surface area contributed by atoms with E-state index in [1.165, 1.54) is 19.1 Å². The number of methoxy groups -OCH3 is 2. The van der Waals surface area contributed by atoms with Crippen LogP contribution in [0, 0.1) is 0 Å². The summed E-state index contributed by atoms with van der Waals surface area (Å²) in [5.74, 6) is 0.302. The van der Waals surface area contributed by atoms with Gasteiger partial charge in [-0.3, -0.25) is 24.1 Å². The highest BCUT2D eigenvalue weighted by Crippen LogP contribution is 2.39. The van der Waals surface area contributed by atoms with Crippen molar-refractivity contribution in [1.82, 2.24) is 15.1 Å². The maximum Gasteiger partial charge on any atom is 0.261 e. The summed E-state index contributed by atoms with van der Waals surface area (Å²) in [5, 5.41) is 15.0. The molecule has 7 rings (SSSR count). The van der Waals surface area contributed by atoms with Crippen LogP contribution in [0.25, 0.3) is 0 Å². The molecule has 0 spiro atoms. The lowest BCUT2D eigenvalue weighted by atomic mass is 9.99. The van der Waals surface area contributed by atoms with Gasteiger partial charge < -0.3 is 39.0 Å². The molecule has 0 saturated carbocycles. The van der Waals surface area contributed by atoms with Gasteiger partial charge in [-0.2, -0.15) is 0 Å². The van der Waals surface area contributed by atoms with Crippen molar-refractivity contribution in [1.29, 1.82) is 0 Å². The smallest absolute Gasteiger partial charge is 0.261 e. The molecule has 2 unspecified atom stereocenters. The van der Waals surface area contributed by atoms with Crippen LogP contribution in [0.2, 0.25) is 0 Å². The summed E-state index contributed by atoms with van der Waals surface area (Å²) >= 11 is 0. The third-order valence-electron chi connectivity index (χ3n) is 10.3. The summed E-state index contributed by atoms with van der Waals surface area (Å²) in [5.41, 5.74) is 3.44. The Balaban J connectivity index is 1.10. The standard InChI is InChI=1S/C46H45N3O10/c1-55-40-25-33(26-41(56-2)43(40)57-28-32-13-7-4-8-14-32)44(52)47-36(23-30-11-5-3-6-12-30)37(50)27-48(21-19-31-17-18-38-39(24-31)59-29-58-38)42(51)20-22-49-45(53)34-15-9-10-16-35(34)46(49)54/h3-18,24-26,36-37,50H,19-23,27-29H2,1-2H3,(H,47,52). The molecule has 13 heteroatoms. The summed E-state index contributed by atoms with van der Waals surface area (Å²) in [7, 11) is 2.94. The van der Waals surface area contributed by atoms with Gasteiger partial charge >= 0.3 is 0 Å². The summed E-state index contributed by atoms with van der Waals surface area (Å²) in [6, 6.07) is 33.3. The Labute approximate surface area is 342 Å². The molecule has 0 aliphatic carbocycles. The molecule has 59 heavy (non-hydrogen) atoms. The molecule has 0 saturated heterocycles. The molecule has 2 atom stereocenters. The molecule has 4 amide bonds. The average Bonchev–Trinajstić information content (AvgIpc) is 3.84. The second kappa shape index (κ2) is 18.6. The van der Waals surface area contributed by atoms with Crippen LogP contribution in [0.4, 0.5) is 0 Å². The Morgan fingerprint density at radius 1 is 0.780 bits per heavy atom. The molecule has 2 aliphatic heterocycles. The van der Waals surface area contributed by atoms with Crippen molar-refractivity contribution in [3.8, 4) is 28.7 Å². The molecule has 0 radical (unpaired) electrons. The zero-order chi connectivity index (χ0) is 41.3. The summed E-state index contributed by atoms with van der Waals surface area (Å²) < 4.78 is 28.4. The average molecular weight is 800 g/mol. The molecule has 2 heterocycles. The predicted octanol–water partition coefficient (Wildman–Crippen LogP) is 5.47. The normalized spacial score (nSPS) is 13.7. The fraction of sp³-hybridized carbons (Fsp3) is 0.261. The quantitative estimate of drug-likeness (QED) is 0.109. The van der Waals surface area contributed by atoms with E-state index in [-0.39, 0.29) is 68.8 Å². The number of carbonyl (C=O) groups excluding carboxylic acids is 4. The second-order valence-electron chi connectivity index (χ2n) is 14.2. The maximum absolute atomic E-state index is 14.1. The SMILES string of the molecule is COc1cc(C(=O)NC(Cc2ccccc2)C(O)CN(CCc2ccc3c(c2)OCO3)C(=O)CCN2C(=O)c3ccccc3C2=O)cc(OC)c1OCc1ccccc1. The molecule has 2 N–H and O–H groups in total. The Bertz CT molecular complexity index is 2240. The van der Waals surface area contributed by atoms with Crippen LogP contribution in [-0.2, 0) is 24.2 Å². The van der Waals surface area contributed by atoms with Crippen LogP contribution in [0.5, 0.6) is 28.7 Å². The van der Waals surface area contributed by atoms with Gasteiger partial charge in [-0.05, 0) is 65.9 Å². The van der Waals surface area contributed by atoms with E-state index in [2.05, 4.69) is 5.32 Å². The third kappa shape index (κ3) is 9.48. The lowest BCUT2D eigenvalue weighted by molar-refractivity contribution is -0.133. The number of amides is 4. The van der Waals surface area contributed by atoms with Gasteiger partial charge in [-0.1, -0.05) is 78.9 Å². The van der Waals surface area contributed by atoms with Gasteiger partial charge in [0.25, 0.3) is 17.7 Å². The van der Waals surface area contributed by atoms with E-state index < -0.39 is 29.9 Å². The molecule has 2 aliphatic rings. The van der Waals surface area contributed by atoms with E-state index in [0.717, 1.165) is 21.6 Å². The number of hydrogen-bond donors (Lipinski definition) is 2. The third-order valence-corrected chi connectivity index (χ3v) is 10.3. The highest BCUT2D eigenvalue weighted by atomic mass is 16.7. The topological polar surface area (TPSA) is 153 Å². The first-order valence-electron chi connectivity index (χ1n) is 19.3. The maximum atomic E-state index is 14.1. The number of nitrogens with one attached hydrogen (secondary N) is 1. The molecule has 5 aromatic carbocycles. The van der Waals surface area contributed by atoms with Gasteiger partial charge in [0.1, 0.15) is 6.61 Å². The zero-order valence-electron chi connectivity index (χ0n) is 32.8. The van der Waals surface area contributed by atoms with Gasteiger partial charge in [-0.25, -0.2) is 0 Å². The number of imide groups is 1. The van der Waals surface area contributed by atoms with Gasteiger partial charge in [0.05, 0.1) is 37.5 Å². The van der Waals surface area contributed by atoms with Gasteiger partial charge in [-0.15, -0.1) is 0 Å². The van der Waals surface area contributed by atoms with Gasteiger partial charge in [0.15, 0.2) is 23.0 Å². The van der Waals surface area contributed by atoms with Crippen molar-refractivity contribution in [3.63, 3.8) is 0 Å². The van der Waals surface area contributed by atoms with Gasteiger partial charge in [0.2, 0.25) is 18.4 Å². The zero-order valence-corrected chi connectivity index (χ0v) is 32.8. The monoisotopic (exact) mass is 799 g/mol. The molecule has 5 aromatic rings. The van der Waals surface area contributed by atoms with Crippen molar-refractivity contribution in [2.75, 3.05) is 40.6 Å². The molecule has 0 bridgehead atoms. The first-order chi connectivity index (χ1) is 28.7. The van der Waals surface area contributed by atoms with Crippen molar-refractivity contribution < 1.29 is 48.0 Å². The Morgan fingerprint density at radius 2 is 1.39 bits per heavy atom. The van der Waals surface area contributed by atoms with Crippen LogP contribution < -0.4 is 29.0 Å². The van der Waals surface area contributed by atoms with Crippen LogP contribution in [0.1, 0.15) is 54.2 Å². The predicted molar refractivity (Wildman–Crippen MR) is 217 cm³/mol. The minimum atomic E-state index is -1.25. The van der Waals surface area contributed by atoms with Gasteiger partial charge in [0, 0.05) is 31.6 Å². The Hall–Kier alpha value is -6.86. The number of ether oxygens (including phenoxy) is 5. The molecule has 304 valence electrons. The van der Waals surface area contributed by atoms with E-state index in [1.807, 2.05) is 72.8 Å². The number of fused-ring (bicyclic) bond motifs is 2. The van der Waals surface area contributed by atoms with Crippen LogP contribution in [0.3, 0.4) is 0 Å². The summed E-state index contributed by atoms with van der Waals surface area (Å²) in [4.78, 5) is 56.9. The van der Waals surface area contributed by atoms with Crippen molar-refractivity contribution in [2.24, 2.45) is 0 Å². The minimum absolute atomic E-state index is 0.119. The lowest BCUT2D eigenvalue weighted by Gasteiger charge is -2.31. The first kappa shape index (κ1) is 40.3. The second-order valence-corrected chi connectivity index (χ2v) is 14.2. The van der Waals surface area contributed by atoms with E-state index in [0.29, 0.717) is 34.8 Å². The molecule has 0 fully saturated rings. The highest BCUT2D eigenvalue weighted by Gasteiger charge is 2.36. The number of nitrogens with zero attached hydrogens (tertiary/aromatic N) is 2. The molecule has 0 aromatic heterocycles. The minimum Gasteiger partial charge on any atom is -0.493 e. The van der Waals surface area contributed by atoms with Crippen LogP contribution in [-0.4, -0.2) is 91.3 Å². The number of rotatable bonds is 18. The number of carbonyl (C=O) groups is 4. The summed E-state index contributed by atoms with van der Waals surface area (Å²) in [6.07, 6.45) is -0.792. The summed E-state index contributed by atoms with van der Waals surface area (Å²) in [6.45, 7) is 0.242. The van der Waals surface area contributed by atoms with E-state index >= 15 is 0 Å². The number of aliphatic hydroxyl groups excluding tert-OH is 1. The first-order valence-corrected chi connectivity index (χ1v) is 19.3. The molecular weight excluding hydrogens is 755 g/mol. The van der Waals surface area contributed by atoms with Crippen molar-refractivity contribution in [3.05, 3.63) is 149 Å². The Kier molecular flexibility index (Phi) is 12.7. The van der Waals surface area contributed by atoms with E-state index in [9.17, 15) is 24.3 Å². The van der Waals surface area contributed by atoms with E-state index in [1.54, 1.807) is 42.5 Å². The fourth-order valence-corrected chi connectivity index (χ4v) is 7.13. The number of aliphatic hydroxyl groups is 1. The van der Waals surface area contributed by atoms with Crippen molar-refractivity contribution in [2.45, 2.75) is 38.0 Å². The van der Waals surface area contributed by atoms with Crippen LogP contribution >= 0.6 is 0 Å². The number of benzene rings is 5. The molecular formula is C46H45N3O10. The Morgan fingerprint density at radius 3 is 2.03 bits per heavy atom. The largest absolute Gasteiger partial charge is 0.493 e. The lowest BCUT2D eigenvalue weighted by Crippen LogP contribution is -2.51. The molecule has 13 nitrogen and oxygen atoms in total.